The molecule has 0 spiro atoms. The monoisotopic (exact) mass is 654 g/mol. The van der Waals surface area contributed by atoms with E-state index in [1.54, 1.807) is 5.56 Å². The van der Waals surface area contributed by atoms with Crippen LogP contribution < -0.4 is 52.7 Å². The summed E-state index contributed by atoms with van der Waals surface area (Å²) < 4.78 is 8.31. The average Bonchev–Trinajstić information content (AvgIpc) is 2.76. The molecule has 1 heterocycles. The molecule has 1 aliphatic heterocycles. The largest absolute Gasteiger partial charge is 1.00 e. The smallest absolute Gasteiger partial charge is 0.129 e. The first-order valence-electron chi connectivity index (χ1n) is 12.4. The van der Waals surface area contributed by atoms with E-state index in [1.165, 1.54) is 111 Å². The van der Waals surface area contributed by atoms with Crippen molar-refractivity contribution >= 4 is 0 Å². The summed E-state index contributed by atoms with van der Waals surface area (Å²) in [6.07, 6.45) is 14.0. The summed E-state index contributed by atoms with van der Waals surface area (Å²) in [5.41, 5.74) is 3.07. The van der Waals surface area contributed by atoms with Crippen LogP contribution in [0.5, 0.6) is 5.75 Å². The van der Waals surface area contributed by atoms with E-state index >= 15 is 0 Å². The maximum absolute atomic E-state index is 5.64. The summed E-state index contributed by atoms with van der Waals surface area (Å²) in [5, 5.41) is 0. The lowest BCUT2D eigenvalue weighted by Crippen LogP contribution is -3.00. The maximum atomic E-state index is 5.64. The first-order valence-corrected chi connectivity index (χ1v) is 12.4. The molecule has 0 bridgehead atoms. The zero-order valence-corrected chi connectivity index (χ0v) is 24.4. The van der Waals surface area contributed by atoms with Gasteiger partial charge in [0.05, 0.1) is 33.8 Å². The second-order valence-corrected chi connectivity index (χ2v) is 10.8. The molecule has 0 radical (unpaired) electrons. The Hall–Kier alpha value is 0.400. The van der Waals surface area contributed by atoms with Gasteiger partial charge in [0.15, 0.2) is 0 Å². The third kappa shape index (κ3) is 6.50. The zero-order chi connectivity index (χ0) is 20.3. The Bertz CT molecular complexity index is 682. The van der Waals surface area contributed by atoms with Gasteiger partial charge in [0.25, 0.3) is 0 Å². The molecule has 4 rings (SSSR count). The summed E-state index contributed by atoms with van der Waals surface area (Å²) >= 11 is 0. The molecule has 1 aromatic carbocycles. The van der Waals surface area contributed by atoms with Crippen molar-refractivity contribution in [3.63, 3.8) is 0 Å². The molecule has 0 aromatic heterocycles. The SMILES string of the molecule is COc1cccc2c1CCCC2CCC[N+]1(C)CC[N+](C)(C2CCCCC2)CC1.[I-].[I-]. The van der Waals surface area contributed by atoms with E-state index in [9.17, 15) is 0 Å². The number of nitrogens with zero attached hydrogens (tertiary/aromatic N) is 2. The molecule has 5 heteroatoms. The molecule has 0 amide bonds. The van der Waals surface area contributed by atoms with Crippen LogP contribution in [0.15, 0.2) is 18.2 Å². The number of halogens is 2. The molecule has 1 atom stereocenters. The Labute approximate surface area is 225 Å². The minimum Gasteiger partial charge on any atom is -1.00 e. The zero-order valence-electron chi connectivity index (χ0n) is 20.1. The number of likely N-dealkylation sites (N-methyl/N-ethyl adjacent to an activating group) is 2. The average molecular weight is 654 g/mol. The van der Waals surface area contributed by atoms with Gasteiger partial charge < -0.3 is 61.7 Å². The van der Waals surface area contributed by atoms with Gasteiger partial charge >= 0.3 is 0 Å². The van der Waals surface area contributed by atoms with Crippen molar-refractivity contribution in [2.75, 3.05) is 53.9 Å². The molecule has 0 N–H and O–H groups in total. The van der Waals surface area contributed by atoms with Crippen LogP contribution in [-0.2, 0) is 6.42 Å². The van der Waals surface area contributed by atoms with E-state index in [-0.39, 0.29) is 48.0 Å². The first kappa shape index (κ1) is 27.6. The fraction of sp³-hybridized carbons (Fsp3) is 0.769. The number of rotatable bonds is 6. The molecule has 1 aromatic rings. The molecule has 1 unspecified atom stereocenters. The van der Waals surface area contributed by atoms with E-state index in [2.05, 4.69) is 32.3 Å². The molecular formula is C26H44I2N2O. The van der Waals surface area contributed by atoms with Crippen molar-refractivity contribution in [1.82, 2.24) is 0 Å². The van der Waals surface area contributed by atoms with Gasteiger partial charge in [-0.15, -0.1) is 0 Å². The summed E-state index contributed by atoms with van der Waals surface area (Å²) in [5.74, 6) is 1.86. The fourth-order valence-corrected chi connectivity index (χ4v) is 6.58. The summed E-state index contributed by atoms with van der Waals surface area (Å²) in [4.78, 5) is 0. The van der Waals surface area contributed by atoms with Gasteiger partial charge in [0.2, 0.25) is 0 Å². The third-order valence-electron chi connectivity index (χ3n) is 8.82. The van der Waals surface area contributed by atoms with Gasteiger partial charge in [-0.25, -0.2) is 0 Å². The Kier molecular flexibility index (Phi) is 10.9. The Morgan fingerprint density at radius 1 is 0.903 bits per heavy atom. The standard InChI is InChI=1S/C26H44N2O.2HI/c1-27(18-20-28(2,21-19-27)23-12-5-4-6-13-23)17-9-11-22-10-7-15-25-24(22)14-8-16-26(25)29-3;;/h8,14,16,22-23H,4-7,9-13,15,17-21H2,1-3H3;2*1H/q+2;;/p-2. The minimum atomic E-state index is 0. The normalized spacial score (nSPS) is 31.1. The Morgan fingerprint density at radius 2 is 1.61 bits per heavy atom. The number of benzene rings is 1. The third-order valence-corrected chi connectivity index (χ3v) is 8.82. The van der Waals surface area contributed by atoms with Crippen LogP contribution in [-0.4, -0.2) is 68.9 Å². The first-order chi connectivity index (χ1) is 14.0. The highest BCUT2D eigenvalue weighted by molar-refractivity contribution is 5.43. The topological polar surface area (TPSA) is 9.23 Å². The van der Waals surface area contributed by atoms with Crippen molar-refractivity contribution in [2.24, 2.45) is 0 Å². The minimum absolute atomic E-state index is 0. The number of fused-ring (bicyclic) bond motifs is 1. The molecule has 178 valence electrons. The lowest BCUT2D eigenvalue weighted by atomic mass is 9.80. The van der Waals surface area contributed by atoms with Crippen molar-refractivity contribution in [2.45, 2.75) is 76.2 Å². The summed E-state index contributed by atoms with van der Waals surface area (Å²) in [6.45, 7) is 6.90. The van der Waals surface area contributed by atoms with Gasteiger partial charge in [0, 0.05) is 0 Å². The van der Waals surface area contributed by atoms with Gasteiger partial charge in [-0.1, -0.05) is 18.6 Å². The Balaban J connectivity index is 0.00000171. The highest BCUT2D eigenvalue weighted by Crippen LogP contribution is 2.39. The van der Waals surface area contributed by atoms with Crippen LogP contribution in [0.4, 0.5) is 0 Å². The molecule has 3 aliphatic rings. The van der Waals surface area contributed by atoms with Crippen LogP contribution in [0, 0.1) is 0 Å². The van der Waals surface area contributed by atoms with Crippen molar-refractivity contribution < 1.29 is 61.7 Å². The number of methoxy groups -OCH3 is 1. The van der Waals surface area contributed by atoms with Crippen LogP contribution in [0.1, 0.15) is 74.8 Å². The molecule has 1 saturated carbocycles. The maximum Gasteiger partial charge on any atom is 0.129 e. The van der Waals surface area contributed by atoms with Crippen LogP contribution in [0.2, 0.25) is 0 Å². The summed E-state index contributed by atoms with van der Waals surface area (Å²) in [7, 11) is 6.91. The number of quaternary nitrogens is 2. The van der Waals surface area contributed by atoms with Gasteiger partial charge in [-0.2, -0.15) is 0 Å². The van der Waals surface area contributed by atoms with E-state index < -0.39 is 0 Å². The van der Waals surface area contributed by atoms with Crippen LogP contribution >= 0.6 is 0 Å². The predicted molar refractivity (Wildman–Crippen MR) is 121 cm³/mol. The second-order valence-electron chi connectivity index (χ2n) is 10.8. The lowest BCUT2D eigenvalue weighted by molar-refractivity contribution is -1.03. The highest BCUT2D eigenvalue weighted by Gasteiger charge is 2.42. The Morgan fingerprint density at radius 3 is 2.29 bits per heavy atom. The number of hydrogen-bond acceptors (Lipinski definition) is 1. The van der Waals surface area contributed by atoms with E-state index in [0.29, 0.717) is 0 Å². The molecule has 2 aliphatic carbocycles. The van der Waals surface area contributed by atoms with Crippen molar-refractivity contribution in [3.05, 3.63) is 29.3 Å². The van der Waals surface area contributed by atoms with E-state index in [4.69, 9.17) is 4.74 Å². The van der Waals surface area contributed by atoms with Gasteiger partial charge in [-0.05, 0) is 80.9 Å². The predicted octanol–water partition coefficient (Wildman–Crippen LogP) is -0.857. The van der Waals surface area contributed by atoms with Crippen LogP contribution in [0.3, 0.4) is 0 Å². The highest BCUT2D eigenvalue weighted by atomic mass is 127. The number of ether oxygens (including phenoxy) is 1. The number of piperazine rings is 1. The van der Waals surface area contributed by atoms with Gasteiger partial charge in [-0.3, -0.25) is 0 Å². The van der Waals surface area contributed by atoms with Crippen molar-refractivity contribution in [3.8, 4) is 5.75 Å². The molecule has 31 heavy (non-hydrogen) atoms. The molecule has 2 fully saturated rings. The van der Waals surface area contributed by atoms with Gasteiger partial charge in [0.1, 0.15) is 31.9 Å². The quantitative estimate of drug-likeness (QED) is 0.287. The second kappa shape index (κ2) is 12.2. The van der Waals surface area contributed by atoms with E-state index in [1.807, 2.05) is 7.11 Å². The van der Waals surface area contributed by atoms with Crippen molar-refractivity contribution in [1.29, 1.82) is 0 Å². The molecular weight excluding hydrogens is 610 g/mol. The van der Waals surface area contributed by atoms with Crippen LogP contribution in [0.25, 0.3) is 0 Å². The summed E-state index contributed by atoms with van der Waals surface area (Å²) in [6, 6.07) is 7.65. The van der Waals surface area contributed by atoms with E-state index in [0.717, 1.165) is 17.7 Å². The molecule has 3 nitrogen and oxygen atoms in total. The molecule has 1 saturated heterocycles. The fourth-order valence-electron chi connectivity index (χ4n) is 6.58. The lowest BCUT2D eigenvalue weighted by Gasteiger charge is -2.50. The number of hydrogen-bond donors (Lipinski definition) is 0.